The number of rotatable bonds is 3. The molecule has 1 saturated heterocycles. The van der Waals surface area contributed by atoms with Gasteiger partial charge in [-0.3, -0.25) is 10.1 Å². The van der Waals surface area contributed by atoms with Crippen molar-refractivity contribution in [3.8, 4) is 17.2 Å². The van der Waals surface area contributed by atoms with Gasteiger partial charge in [0.2, 0.25) is 5.75 Å². The van der Waals surface area contributed by atoms with Gasteiger partial charge in [-0.1, -0.05) is 0 Å². The molecule has 0 bridgehead atoms. The van der Waals surface area contributed by atoms with Crippen LogP contribution in [0.4, 0.5) is 5.69 Å². The zero-order chi connectivity index (χ0) is 13.9. The van der Waals surface area contributed by atoms with Crippen LogP contribution < -0.4 is 19.5 Å². The summed E-state index contributed by atoms with van der Waals surface area (Å²) in [5.74, 6) is 1.14. The Morgan fingerprint density at radius 1 is 1.30 bits per heavy atom. The molecule has 2 aliphatic rings. The first-order valence-corrected chi connectivity index (χ1v) is 6.69. The lowest BCUT2D eigenvalue weighted by molar-refractivity contribution is -0.386. The van der Waals surface area contributed by atoms with Crippen LogP contribution in [0, 0.1) is 10.1 Å². The van der Waals surface area contributed by atoms with Crippen molar-refractivity contribution < 1.29 is 19.1 Å². The van der Waals surface area contributed by atoms with Gasteiger partial charge in [-0.2, -0.15) is 0 Å². The number of fused-ring (bicyclic) bond motifs is 1. The van der Waals surface area contributed by atoms with E-state index in [0.29, 0.717) is 31.3 Å². The highest BCUT2D eigenvalue weighted by atomic mass is 16.6. The second-order valence-electron chi connectivity index (χ2n) is 4.81. The number of benzene rings is 1. The van der Waals surface area contributed by atoms with E-state index in [4.69, 9.17) is 14.2 Å². The van der Waals surface area contributed by atoms with E-state index >= 15 is 0 Å². The van der Waals surface area contributed by atoms with Crippen LogP contribution in [0.5, 0.6) is 17.2 Å². The molecule has 1 N–H and O–H groups in total. The van der Waals surface area contributed by atoms with Crippen molar-refractivity contribution in [3.63, 3.8) is 0 Å². The highest BCUT2D eigenvalue weighted by molar-refractivity contribution is 5.58. The number of nitrogens with one attached hydrogen (secondary N) is 1. The monoisotopic (exact) mass is 280 g/mol. The van der Waals surface area contributed by atoms with Crippen molar-refractivity contribution in [2.75, 3.05) is 26.3 Å². The maximum atomic E-state index is 11.2. The van der Waals surface area contributed by atoms with Crippen molar-refractivity contribution >= 4 is 5.69 Å². The minimum absolute atomic E-state index is 0.0509. The van der Waals surface area contributed by atoms with Crippen LogP contribution >= 0.6 is 0 Å². The summed E-state index contributed by atoms with van der Waals surface area (Å²) in [4.78, 5) is 10.7. The third-order valence-corrected chi connectivity index (χ3v) is 3.37. The molecule has 2 heterocycles. The average Bonchev–Trinajstić information content (AvgIpc) is 2.47. The standard InChI is InChI=1S/C13H16N2O5/c16-15(17)10-6-12-13(19-5-4-18-12)7-11(10)20-9-2-1-3-14-8-9/h6-7,9,14H,1-5,8H2/t9-/m0/s1. The van der Waals surface area contributed by atoms with Crippen LogP contribution in [0.15, 0.2) is 12.1 Å². The summed E-state index contributed by atoms with van der Waals surface area (Å²) in [6.07, 6.45) is 1.84. The first kappa shape index (κ1) is 13.0. The second kappa shape index (κ2) is 5.54. The fraction of sp³-hybridized carbons (Fsp3) is 0.538. The van der Waals surface area contributed by atoms with Gasteiger partial charge < -0.3 is 19.5 Å². The zero-order valence-electron chi connectivity index (χ0n) is 11.0. The summed E-state index contributed by atoms with van der Waals surface area (Å²) in [5.41, 5.74) is -0.0835. The highest BCUT2D eigenvalue weighted by Gasteiger charge is 2.26. The minimum Gasteiger partial charge on any atom is -0.486 e. The van der Waals surface area contributed by atoms with Crippen LogP contribution in [0.2, 0.25) is 0 Å². The Hall–Kier alpha value is -2.02. The van der Waals surface area contributed by atoms with Crippen LogP contribution in [0.3, 0.4) is 0 Å². The molecule has 108 valence electrons. The molecule has 0 amide bonds. The van der Waals surface area contributed by atoms with Crippen LogP contribution in [-0.2, 0) is 0 Å². The molecule has 1 aromatic carbocycles. The number of piperidine rings is 1. The maximum absolute atomic E-state index is 11.2. The average molecular weight is 280 g/mol. The van der Waals surface area contributed by atoms with E-state index < -0.39 is 4.92 Å². The fourth-order valence-electron chi connectivity index (χ4n) is 2.40. The molecule has 7 nitrogen and oxygen atoms in total. The fourth-order valence-corrected chi connectivity index (χ4v) is 2.40. The van der Waals surface area contributed by atoms with E-state index in [-0.39, 0.29) is 17.5 Å². The van der Waals surface area contributed by atoms with Gasteiger partial charge in [0.1, 0.15) is 19.3 Å². The molecule has 3 rings (SSSR count). The Balaban J connectivity index is 1.88. The van der Waals surface area contributed by atoms with E-state index in [1.165, 1.54) is 6.07 Å². The predicted octanol–water partition coefficient (Wildman–Crippen LogP) is 1.50. The van der Waals surface area contributed by atoms with Crippen molar-refractivity contribution in [2.45, 2.75) is 18.9 Å². The maximum Gasteiger partial charge on any atom is 0.314 e. The van der Waals surface area contributed by atoms with Crippen molar-refractivity contribution in [3.05, 3.63) is 22.2 Å². The quantitative estimate of drug-likeness (QED) is 0.667. The van der Waals surface area contributed by atoms with Gasteiger partial charge in [0.15, 0.2) is 11.5 Å². The van der Waals surface area contributed by atoms with Gasteiger partial charge in [-0.15, -0.1) is 0 Å². The first-order chi connectivity index (χ1) is 9.74. The Kier molecular flexibility index (Phi) is 3.60. The Labute approximate surface area is 116 Å². The predicted molar refractivity (Wildman–Crippen MR) is 70.6 cm³/mol. The highest BCUT2D eigenvalue weighted by Crippen LogP contribution is 2.41. The van der Waals surface area contributed by atoms with Gasteiger partial charge in [0, 0.05) is 12.6 Å². The molecule has 7 heteroatoms. The molecule has 0 unspecified atom stereocenters. The molecule has 1 aromatic rings. The van der Waals surface area contributed by atoms with Gasteiger partial charge in [0.05, 0.1) is 11.0 Å². The van der Waals surface area contributed by atoms with E-state index in [1.54, 1.807) is 6.07 Å². The van der Waals surface area contributed by atoms with Crippen LogP contribution in [0.1, 0.15) is 12.8 Å². The summed E-state index contributed by atoms with van der Waals surface area (Å²) in [5, 5.41) is 14.4. The topological polar surface area (TPSA) is 82.9 Å². The van der Waals surface area contributed by atoms with E-state index in [9.17, 15) is 10.1 Å². The molecule has 2 aliphatic heterocycles. The molecule has 1 fully saturated rings. The Morgan fingerprint density at radius 2 is 2.05 bits per heavy atom. The van der Waals surface area contributed by atoms with Gasteiger partial charge in [-0.05, 0) is 19.4 Å². The normalized spacial score (nSPS) is 21.3. The molecule has 0 radical (unpaired) electrons. The Bertz CT molecular complexity index is 514. The molecule has 0 aromatic heterocycles. The van der Waals surface area contributed by atoms with Gasteiger partial charge in [0.25, 0.3) is 0 Å². The smallest absolute Gasteiger partial charge is 0.314 e. The third-order valence-electron chi connectivity index (χ3n) is 3.37. The number of nitro groups is 1. The SMILES string of the molecule is O=[N+]([O-])c1cc2c(cc1O[C@H]1CCCNC1)OCCO2. The van der Waals surface area contributed by atoms with Crippen molar-refractivity contribution in [1.29, 1.82) is 0 Å². The summed E-state index contributed by atoms with van der Waals surface area (Å²) in [7, 11) is 0. The van der Waals surface area contributed by atoms with E-state index in [0.717, 1.165) is 19.4 Å². The summed E-state index contributed by atoms with van der Waals surface area (Å²) in [6, 6.07) is 2.93. The molecule has 0 saturated carbocycles. The minimum atomic E-state index is -0.455. The Morgan fingerprint density at radius 3 is 2.70 bits per heavy atom. The zero-order valence-corrected chi connectivity index (χ0v) is 11.0. The molecule has 1 atom stereocenters. The van der Waals surface area contributed by atoms with Crippen LogP contribution in [-0.4, -0.2) is 37.3 Å². The molecule has 20 heavy (non-hydrogen) atoms. The lowest BCUT2D eigenvalue weighted by Gasteiger charge is -2.25. The lowest BCUT2D eigenvalue weighted by Crippen LogP contribution is -2.37. The second-order valence-corrected chi connectivity index (χ2v) is 4.81. The van der Waals surface area contributed by atoms with Crippen molar-refractivity contribution in [2.24, 2.45) is 0 Å². The van der Waals surface area contributed by atoms with E-state index in [1.807, 2.05) is 0 Å². The largest absolute Gasteiger partial charge is 0.486 e. The summed E-state index contributed by atoms with van der Waals surface area (Å²) < 4.78 is 16.6. The summed E-state index contributed by atoms with van der Waals surface area (Å²) in [6.45, 7) is 2.50. The van der Waals surface area contributed by atoms with Crippen molar-refractivity contribution in [1.82, 2.24) is 5.32 Å². The molecule has 0 spiro atoms. The molecule has 0 aliphatic carbocycles. The number of hydrogen-bond acceptors (Lipinski definition) is 6. The van der Waals surface area contributed by atoms with Gasteiger partial charge >= 0.3 is 5.69 Å². The molecular weight excluding hydrogens is 264 g/mol. The third kappa shape index (κ3) is 2.62. The number of ether oxygens (including phenoxy) is 3. The number of hydrogen-bond donors (Lipinski definition) is 1. The summed E-state index contributed by atoms with van der Waals surface area (Å²) >= 11 is 0. The molecular formula is C13H16N2O5. The first-order valence-electron chi connectivity index (χ1n) is 6.69. The lowest BCUT2D eigenvalue weighted by atomic mass is 10.1. The van der Waals surface area contributed by atoms with E-state index in [2.05, 4.69) is 5.32 Å². The number of nitrogens with zero attached hydrogens (tertiary/aromatic N) is 1. The van der Waals surface area contributed by atoms with Gasteiger partial charge in [-0.25, -0.2) is 0 Å². The number of nitro benzene ring substituents is 1. The van der Waals surface area contributed by atoms with Crippen LogP contribution in [0.25, 0.3) is 0 Å².